The number of nitrogens with zero attached hydrogens (tertiary/aromatic N) is 2. The van der Waals surface area contributed by atoms with Crippen LogP contribution in [0, 0.1) is 17.5 Å². The van der Waals surface area contributed by atoms with Crippen molar-refractivity contribution < 1.29 is 9.18 Å². The van der Waals surface area contributed by atoms with Gasteiger partial charge in [-0.05, 0) is 55.5 Å². The SMILES string of the molecule is Cc1ccc(-n2c(CC(=O)NNc3ccc(F)cc3)n[nH]c2=S)cc1. The summed E-state index contributed by atoms with van der Waals surface area (Å²) in [6.45, 7) is 1.99. The number of aromatic amines is 1. The molecule has 8 heteroatoms. The lowest BCUT2D eigenvalue weighted by atomic mass is 10.2. The molecule has 0 aliphatic carbocycles. The summed E-state index contributed by atoms with van der Waals surface area (Å²) in [6, 6.07) is 13.4. The molecule has 1 heterocycles. The number of rotatable bonds is 5. The third-order valence-corrected chi connectivity index (χ3v) is 3.82. The van der Waals surface area contributed by atoms with E-state index in [0.717, 1.165) is 11.3 Å². The fourth-order valence-corrected chi connectivity index (χ4v) is 2.53. The van der Waals surface area contributed by atoms with Crippen LogP contribution in [0.1, 0.15) is 11.4 Å². The Bertz CT molecular complexity index is 931. The zero-order valence-electron chi connectivity index (χ0n) is 13.4. The number of aromatic nitrogens is 3. The number of halogens is 1. The van der Waals surface area contributed by atoms with Crippen LogP contribution >= 0.6 is 12.2 Å². The van der Waals surface area contributed by atoms with Gasteiger partial charge in [0.25, 0.3) is 0 Å². The van der Waals surface area contributed by atoms with E-state index in [9.17, 15) is 9.18 Å². The molecule has 0 aliphatic heterocycles. The zero-order valence-corrected chi connectivity index (χ0v) is 14.2. The summed E-state index contributed by atoms with van der Waals surface area (Å²) in [6.07, 6.45) is 0.0230. The number of hydrogen-bond donors (Lipinski definition) is 3. The lowest BCUT2D eigenvalue weighted by molar-refractivity contribution is -0.120. The van der Waals surface area contributed by atoms with Crippen molar-refractivity contribution in [2.45, 2.75) is 13.3 Å². The van der Waals surface area contributed by atoms with Gasteiger partial charge in [-0.25, -0.2) is 4.39 Å². The molecule has 128 valence electrons. The standard InChI is InChI=1S/C17H16FN5OS/c1-11-2-8-14(9-3-11)23-15(20-22-17(23)25)10-16(24)21-19-13-6-4-12(18)5-7-13/h2-9,19H,10H2,1H3,(H,21,24)(H,22,25). The van der Waals surface area contributed by atoms with Gasteiger partial charge in [-0.1, -0.05) is 17.7 Å². The number of H-pyrrole nitrogens is 1. The van der Waals surface area contributed by atoms with Crippen molar-refractivity contribution in [2.75, 3.05) is 5.43 Å². The van der Waals surface area contributed by atoms with Crippen LogP contribution in [0.15, 0.2) is 48.5 Å². The van der Waals surface area contributed by atoms with Crippen LogP contribution in [-0.2, 0) is 11.2 Å². The van der Waals surface area contributed by atoms with E-state index in [1.54, 1.807) is 4.57 Å². The largest absolute Gasteiger partial charge is 0.299 e. The van der Waals surface area contributed by atoms with Crippen molar-refractivity contribution >= 4 is 23.8 Å². The highest BCUT2D eigenvalue weighted by atomic mass is 32.1. The Morgan fingerprint density at radius 2 is 1.88 bits per heavy atom. The molecule has 3 aromatic rings. The molecule has 3 rings (SSSR count). The first-order valence-electron chi connectivity index (χ1n) is 7.57. The molecule has 0 bridgehead atoms. The van der Waals surface area contributed by atoms with E-state index in [1.807, 2.05) is 31.2 Å². The van der Waals surface area contributed by atoms with Gasteiger partial charge in [0.05, 0.1) is 12.1 Å². The quantitative estimate of drug-likeness (QED) is 0.485. The van der Waals surface area contributed by atoms with Crippen LogP contribution in [0.25, 0.3) is 5.69 Å². The molecule has 0 fully saturated rings. The van der Waals surface area contributed by atoms with Crippen molar-refractivity contribution in [3.05, 3.63) is 70.5 Å². The Kier molecular flexibility index (Phi) is 4.90. The van der Waals surface area contributed by atoms with Crippen molar-refractivity contribution in [3.63, 3.8) is 0 Å². The number of hydrazine groups is 1. The van der Waals surface area contributed by atoms with E-state index in [0.29, 0.717) is 16.3 Å². The molecule has 25 heavy (non-hydrogen) atoms. The second-order valence-electron chi connectivity index (χ2n) is 5.47. The number of carbonyl (C=O) groups excluding carboxylic acids is 1. The summed E-state index contributed by atoms with van der Waals surface area (Å²) in [4.78, 5) is 12.2. The average Bonchev–Trinajstić information content (AvgIpc) is 2.95. The first kappa shape index (κ1) is 16.8. The third-order valence-electron chi connectivity index (χ3n) is 3.54. The van der Waals surface area contributed by atoms with E-state index < -0.39 is 0 Å². The highest BCUT2D eigenvalue weighted by molar-refractivity contribution is 7.71. The minimum Gasteiger partial charge on any atom is -0.299 e. The Hall–Kier alpha value is -3.00. The molecule has 0 saturated heterocycles. The maximum atomic E-state index is 12.9. The van der Waals surface area contributed by atoms with Gasteiger partial charge in [-0.15, -0.1) is 0 Å². The molecule has 6 nitrogen and oxygen atoms in total. The highest BCUT2D eigenvalue weighted by Gasteiger charge is 2.12. The van der Waals surface area contributed by atoms with Crippen molar-refractivity contribution in [1.82, 2.24) is 20.2 Å². The predicted molar refractivity (Wildman–Crippen MR) is 95.4 cm³/mol. The Morgan fingerprint density at radius 1 is 1.20 bits per heavy atom. The van der Waals surface area contributed by atoms with Gasteiger partial charge >= 0.3 is 0 Å². The van der Waals surface area contributed by atoms with Gasteiger partial charge < -0.3 is 0 Å². The number of amides is 1. The maximum absolute atomic E-state index is 12.9. The second kappa shape index (κ2) is 7.27. The topological polar surface area (TPSA) is 74.7 Å². The van der Waals surface area contributed by atoms with Crippen molar-refractivity contribution in [1.29, 1.82) is 0 Å². The summed E-state index contributed by atoms with van der Waals surface area (Å²) < 4.78 is 15.0. The van der Waals surface area contributed by atoms with Gasteiger partial charge in [-0.3, -0.25) is 25.3 Å². The van der Waals surface area contributed by atoms with E-state index in [-0.39, 0.29) is 18.1 Å². The molecule has 0 spiro atoms. The van der Waals surface area contributed by atoms with Crippen LogP contribution in [0.5, 0.6) is 0 Å². The molecule has 0 aliphatic rings. The average molecular weight is 357 g/mol. The number of carbonyl (C=O) groups is 1. The molecule has 0 saturated carbocycles. The first-order chi connectivity index (χ1) is 12.0. The number of benzene rings is 2. The fourth-order valence-electron chi connectivity index (χ4n) is 2.27. The summed E-state index contributed by atoms with van der Waals surface area (Å²) in [5.74, 6) is -0.149. The minimum atomic E-state index is -0.342. The molecule has 1 aromatic heterocycles. The van der Waals surface area contributed by atoms with Crippen LogP contribution in [-0.4, -0.2) is 20.7 Å². The minimum absolute atomic E-state index is 0.0230. The summed E-state index contributed by atoms with van der Waals surface area (Å²) in [7, 11) is 0. The van der Waals surface area contributed by atoms with Crippen LogP contribution < -0.4 is 10.9 Å². The lowest BCUT2D eigenvalue weighted by Gasteiger charge is -2.09. The lowest BCUT2D eigenvalue weighted by Crippen LogP contribution is -2.31. The maximum Gasteiger partial charge on any atom is 0.245 e. The number of anilines is 1. The van der Waals surface area contributed by atoms with Crippen LogP contribution in [0.3, 0.4) is 0 Å². The fraction of sp³-hybridized carbons (Fsp3) is 0.118. The van der Waals surface area contributed by atoms with Crippen molar-refractivity contribution in [2.24, 2.45) is 0 Å². The Balaban J connectivity index is 1.70. The molecule has 0 radical (unpaired) electrons. The zero-order chi connectivity index (χ0) is 17.8. The van der Waals surface area contributed by atoms with Gasteiger partial charge in [0.2, 0.25) is 5.91 Å². The normalized spacial score (nSPS) is 10.5. The first-order valence-corrected chi connectivity index (χ1v) is 7.97. The van der Waals surface area contributed by atoms with Crippen LogP contribution in [0.2, 0.25) is 0 Å². The predicted octanol–water partition coefficient (Wildman–Crippen LogP) is 3.06. The van der Waals surface area contributed by atoms with Gasteiger partial charge in [0.15, 0.2) is 4.77 Å². The number of nitrogens with one attached hydrogen (secondary N) is 3. The van der Waals surface area contributed by atoms with Gasteiger partial charge in [0, 0.05) is 5.69 Å². The highest BCUT2D eigenvalue weighted by Crippen LogP contribution is 2.13. The molecule has 0 atom stereocenters. The Morgan fingerprint density at radius 3 is 2.56 bits per heavy atom. The van der Waals surface area contributed by atoms with E-state index >= 15 is 0 Å². The third kappa shape index (κ3) is 4.10. The summed E-state index contributed by atoms with van der Waals surface area (Å²) in [5.41, 5.74) is 7.81. The van der Waals surface area contributed by atoms with Crippen molar-refractivity contribution in [3.8, 4) is 5.69 Å². The summed E-state index contributed by atoms with van der Waals surface area (Å²) >= 11 is 5.26. The molecule has 3 N–H and O–H groups in total. The van der Waals surface area contributed by atoms with Crippen LogP contribution in [0.4, 0.5) is 10.1 Å². The molecule has 2 aromatic carbocycles. The second-order valence-corrected chi connectivity index (χ2v) is 5.86. The summed E-state index contributed by atoms with van der Waals surface area (Å²) in [5, 5.41) is 6.84. The molecule has 1 amide bonds. The van der Waals surface area contributed by atoms with Gasteiger partial charge in [-0.2, -0.15) is 5.10 Å². The van der Waals surface area contributed by atoms with E-state index in [2.05, 4.69) is 21.0 Å². The number of aryl methyl sites for hydroxylation is 1. The van der Waals surface area contributed by atoms with Gasteiger partial charge in [0.1, 0.15) is 11.6 Å². The van der Waals surface area contributed by atoms with E-state index in [1.165, 1.54) is 24.3 Å². The number of hydrogen-bond acceptors (Lipinski definition) is 4. The smallest absolute Gasteiger partial charge is 0.245 e. The van der Waals surface area contributed by atoms with E-state index in [4.69, 9.17) is 12.2 Å². The molecular weight excluding hydrogens is 341 g/mol. The monoisotopic (exact) mass is 357 g/mol. The Labute approximate surface area is 148 Å². The molecular formula is C17H16FN5OS. The molecule has 0 unspecified atom stereocenters.